The van der Waals surface area contributed by atoms with Gasteiger partial charge in [0.25, 0.3) is 0 Å². The third-order valence-electron chi connectivity index (χ3n) is 4.15. The Morgan fingerprint density at radius 2 is 2.24 bits per heavy atom. The van der Waals surface area contributed by atoms with Gasteiger partial charge in [-0.1, -0.05) is 0 Å². The quantitative estimate of drug-likeness (QED) is 0.611. The zero-order valence-electron chi connectivity index (χ0n) is 13.3. The van der Waals surface area contributed by atoms with E-state index >= 15 is 0 Å². The highest BCUT2D eigenvalue weighted by Gasteiger charge is 2.41. The standard InChI is InChI=1S/C14H27N3O3S/c1-4-15-13(16-10-12-6-5-8-20-12)17-7-9-21(18,19)14(2,3)11-17/h12H,4-11H2,1-3H3,(H,15,16). The van der Waals surface area contributed by atoms with Gasteiger partial charge in [0.05, 0.1) is 23.1 Å². The van der Waals surface area contributed by atoms with Crippen LogP contribution in [0.3, 0.4) is 0 Å². The molecule has 21 heavy (non-hydrogen) atoms. The van der Waals surface area contributed by atoms with Crippen molar-refractivity contribution in [3.05, 3.63) is 0 Å². The average Bonchev–Trinajstić information content (AvgIpc) is 2.91. The Bertz CT molecular complexity index is 482. The monoisotopic (exact) mass is 317 g/mol. The minimum Gasteiger partial charge on any atom is -0.376 e. The maximum Gasteiger partial charge on any atom is 0.194 e. The predicted molar refractivity (Wildman–Crippen MR) is 84.4 cm³/mol. The molecule has 0 aliphatic carbocycles. The fourth-order valence-corrected chi connectivity index (χ4v) is 4.09. The molecule has 0 radical (unpaired) electrons. The first kappa shape index (κ1) is 16.5. The van der Waals surface area contributed by atoms with Crippen molar-refractivity contribution < 1.29 is 13.2 Å². The minimum atomic E-state index is -3.02. The van der Waals surface area contributed by atoms with Crippen molar-refractivity contribution in [2.75, 3.05) is 38.5 Å². The number of hydrogen-bond donors (Lipinski definition) is 1. The van der Waals surface area contributed by atoms with Gasteiger partial charge in [-0.2, -0.15) is 0 Å². The van der Waals surface area contributed by atoms with Crippen LogP contribution in [0.4, 0.5) is 0 Å². The first-order valence-electron chi connectivity index (χ1n) is 7.73. The smallest absolute Gasteiger partial charge is 0.194 e. The summed E-state index contributed by atoms with van der Waals surface area (Å²) < 4.78 is 29.0. The summed E-state index contributed by atoms with van der Waals surface area (Å²) in [4.78, 5) is 6.70. The fraction of sp³-hybridized carbons (Fsp3) is 0.929. The number of guanidine groups is 1. The molecule has 2 saturated heterocycles. The molecule has 0 amide bonds. The molecule has 7 heteroatoms. The second-order valence-corrected chi connectivity index (χ2v) is 9.07. The largest absolute Gasteiger partial charge is 0.376 e. The number of sulfone groups is 1. The van der Waals surface area contributed by atoms with E-state index in [1.807, 2.05) is 6.92 Å². The van der Waals surface area contributed by atoms with E-state index in [0.29, 0.717) is 19.6 Å². The van der Waals surface area contributed by atoms with Crippen molar-refractivity contribution in [3.63, 3.8) is 0 Å². The lowest BCUT2D eigenvalue weighted by molar-refractivity contribution is 0.117. The first-order chi connectivity index (χ1) is 9.86. The summed E-state index contributed by atoms with van der Waals surface area (Å²) in [6.07, 6.45) is 2.37. The molecule has 0 aromatic rings. The van der Waals surface area contributed by atoms with Gasteiger partial charge < -0.3 is 15.0 Å². The van der Waals surface area contributed by atoms with E-state index in [1.165, 1.54) is 0 Å². The Kier molecular flexibility index (Phi) is 5.14. The van der Waals surface area contributed by atoms with Crippen LogP contribution >= 0.6 is 0 Å². The van der Waals surface area contributed by atoms with Gasteiger partial charge in [0.15, 0.2) is 15.8 Å². The van der Waals surface area contributed by atoms with Crippen LogP contribution in [0.25, 0.3) is 0 Å². The molecule has 0 spiro atoms. The fourth-order valence-electron chi connectivity index (χ4n) is 2.73. The molecular formula is C14H27N3O3S. The summed E-state index contributed by atoms with van der Waals surface area (Å²) in [5.74, 6) is 0.987. The average molecular weight is 317 g/mol. The summed E-state index contributed by atoms with van der Waals surface area (Å²) in [5.41, 5.74) is 0. The van der Waals surface area contributed by atoms with Gasteiger partial charge in [-0.25, -0.2) is 8.42 Å². The molecule has 2 heterocycles. The molecule has 2 aliphatic rings. The molecule has 0 aromatic heterocycles. The Balaban J connectivity index is 2.05. The van der Waals surface area contributed by atoms with E-state index in [4.69, 9.17) is 4.74 Å². The molecule has 0 aromatic carbocycles. The van der Waals surface area contributed by atoms with Gasteiger partial charge in [0, 0.05) is 26.2 Å². The lowest BCUT2D eigenvalue weighted by Gasteiger charge is -2.39. The van der Waals surface area contributed by atoms with Crippen molar-refractivity contribution in [3.8, 4) is 0 Å². The Hall–Kier alpha value is -0.820. The molecule has 1 N–H and O–H groups in total. The molecule has 2 aliphatic heterocycles. The maximum atomic E-state index is 12.1. The van der Waals surface area contributed by atoms with Gasteiger partial charge in [-0.15, -0.1) is 0 Å². The third-order valence-corrected chi connectivity index (χ3v) is 6.68. The second kappa shape index (κ2) is 6.52. The summed E-state index contributed by atoms with van der Waals surface area (Å²) >= 11 is 0. The van der Waals surface area contributed by atoms with Crippen molar-refractivity contribution >= 4 is 15.8 Å². The first-order valence-corrected chi connectivity index (χ1v) is 9.38. The molecule has 0 bridgehead atoms. The number of aliphatic imine (C=N–C) groups is 1. The van der Waals surface area contributed by atoms with Crippen molar-refractivity contribution in [2.45, 2.75) is 44.5 Å². The summed E-state index contributed by atoms with van der Waals surface area (Å²) in [6, 6.07) is 0. The molecule has 2 fully saturated rings. The number of nitrogens with zero attached hydrogens (tertiary/aromatic N) is 2. The van der Waals surface area contributed by atoms with Crippen LogP contribution in [0, 0.1) is 0 Å². The normalized spacial score (nSPS) is 28.6. The molecule has 0 saturated carbocycles. The molecule has 1 unspecified atom stereocenters. The number of hydrogen-bond acceptors (Lipinski definition) is 4. The highest BCUT2D eigenvalue weighted by Crippen LogP contribution is 2.23. The van der Waals surface area contributed by atoms with Crippen LogP contribution in [-0.4, -0.2) is 68.7 Å². The van der Waals surface area contributed by atoms with Crippen LogP contribution in [-0.2, 0) is 14.6 Å². The van der Waals surface area contributed by atoms with Crippen LogP contribution in [0.2, 0.25) is 0 Å². The molecule has 2 rings (SSSR count). The molecule has 1 atom stereocenters. The van der Waals surface area contributed by atoms with Crippen LogP contribution < -0.4 is 5.32 Å². The highest BCUT2D eigenvalue weighted by molar-refractivity contribution is 7.92. The number of ether oxygens (including phenoxy) is 1. The molecule has 122 valence electrons. The van der Waals surface area contributed by atoms with Gasteiger partial charge in [-0.05, 0) is 33.6 Å². The predicted octanol–water partition coefficient (Wildman–Crippen LogP) is 0.640. The Morgan fingerprint density at radius 1 is 1.48 bits per heavy atom. The molecule has 6 nitrogen and oxygen atoms in total. The van der Waals surface area contributed by atoms with Gasteiger partial charge >= 0.3 is 0 Å². The Morgan fingerprint density at radius 3 is 2.81 bits per heavy atom. The van der Waals surface area contributed by atoms with E-state index in [1.54, 1.807) is 13.8 Å². The van der Waals surface area contributed by atoms with Crippen molar-refractivity contribution in [2.24, 2.45) is 4.99 Å². The zero-order valence-corrected chi connectivity index (χ0v) is 14.1. The summed E-state index contributed by atoms with van der Waals surface area (Å²) in [5, 5.41) is 3.27. The van der Waals surface area contributed by atoms with E-state index < -0.39 is 14.6 Å². The van der Waals surface area contributed by atoms with Crippen LogP contribution in [0.1, 0.15) is 33.6 Å². The van der Waals surface area contributed by atoms with E-state index in [2.05, 4.69) is 15.2 Å². The lowest BCUT2D eigenvalue weighted by atomic mass is 10.2. The van der Waals surface area contributed by atoms with E-state index in [-0.39, 0.29) is 11.9 Å². The summed E-state index contributed by atoms with van der Waals surface area (Å²) in [6.45, 7) is 8.82. The van der Waals surface area contributed by atoms with Crippen LogP contribution in [0.15, 0.2) is 4.99 Å². The molecular weight excluding hydrogens is 290 g/mol. The Labute approximate surface area is 127 Å². The van der Waals surface area contributed by atoms with Gasteiger partial charge in [-0.3, -0.25) is 4.99 Å². The summed E-state index contributed by atoms with van der Waals surface area (Å²) in [7, 11) is -3.02. The van der Waals surface area contributed by atoms with Gasteiger partial charge in [0.2, 0.25) is 0 Å². The number of nitrogens with one attached hydrogen (secondary N) is 1. The van der Waals surface area contributed by atoms with Crippen LogP contribution in [0.5, 0.6) is 0 Å². The highest BCUT2D eigenvalue weighted by atomic mass is 32.2. The maximum absolute atomic E-state index is 12.1. The third kappa shape index (κ3) is 3.88. The zero-order chi connectivity index (χ0) is 15.5. The van der Waals surface area contributed by atoms with Crippen molar-refractivity contribution in [1.29, 1.82) is 0 Å². The lowest BCUT2D eigenvalue weighted by Crippen LogP contribution is -2.57. The minimum absolute atomic E-state index is 0.185. The SMILES string of the molecule is CCNC(=NCC1CCCO1)N1CCS(=O)(=O)C(C)(C)C1. The van der Waals surface area contributed by atoms with E-state index in [0.717, 1.165) is 32.0 Å². The topological polar surface area (TPSA) is 71.0 Å². The van der Waals surface area contributed by atoms with Crippen molar-refractivity contribution in [1.82, 2.24) is 10.2 Å². The van der Waals surface area contributed by atoms with E-state index in [9.17, 15) is 8.42 Å². The second-order valence-electron chi connectivity index (χ2n) is 6.33. The number of rotatable bonds is 3. The van der Waals surface area contributed by atoms with Gasteiger partial charge in [0.1, 0.15) is 0 Å².